The van der Waals surface area contributed by atoms with Crippen molar-refractivity contribution in [3.05, 3.63) is 12.4 Å². The van der Waals surface area contributed by atoms with E-state index >= 15 is 0 Å². The van der Waals surface area contributed by atoms with E-state index in [0.29, 0.717) is 12.5 Å². The number of anilines is 1. The van der Waals surface area contributed by atoms with E-state index in [1.807, 2.05) is 14.0 Å². The summed E-state index contributed by atoms with van der Waals surface area (Å²) in [5.74, 6) is -0.158. The van der Waals surface area contributed by atoms with Gasteiger partial charge in [0.2, 0.25) is 5.95 Å². The minimum Gasteiger partial charge on any atom is -0.480 e. The predicted octanol–water partition coefficient (Wildman–Crippen LogP) is 0.331. The Morgan fingerprint density at radius 1 is 1.77 bits per heavy atom. The summed E-state index contributed by atoms with van der Waals surface area (Å²) < 4.78 is 1.80. The lowest BCUT2D eigenvalue weighted by Gasteiger charge is -2.19. The second-order valence-electron chi connectivity index (χ2n) is 2.75. The molecule has 0 spiro atoms. The van der Waals surface area contributed by atoms with Crippen LogP contribution in [-0.4, -0.2) is 33.7 Å². The molecular weight excluding hydrogens is 170 g/mol. The van der Waals surface area contributed by atoms with Crippen LogP contribution in [0.5, 0.6) is 0 Å². The van der Waals surface area contributed by atoms with Gasteiger partial charge in [-0.2, -0.15) is 0 Å². The van der Waals surface area contributed by atoms with Crippen LogP contribution in [0.15, 0.2) is 12.4 Å². The Kier molecular flexibility index (Phi) is 2.89. The molecule has 5 heteroatoms. The van der Waals surface area contributed by atoms with Crippen molar-refractivity contribution in [2.24, 2.45) is 7.05 Å². The number of nitrogens with zero attached hydrogens (tertiary/aromatic N) is 3. The maximum absolute atomic E-state index is 10.5. The van der Waals surface area contributed by atoms with Gasteiger partial charge in [0.05, 0.1) is 0 Å². The van der Waals surface area contributed by atoms with Gasteiger partial charge in [-0.15, -0.1) is 0 Å². The number of hydrogen-bond acceptors (Lipinski definition) is 3. The first kappa shape index (κ1) is 9.57. The van der Waals surface area contributed by atoms with Crippen LogP contribution >= 0.6 is 0 Å². The molecule has 0 aliphatic carbocycles. The number of likely N-dealkylation sites (N-methyl/N-ethyl adjacent to an activating group) is 1. The van der Waals surface area contributed by atoms with Crippen molar-refractivity contribution in [1.29, 1.82) is 0 Å². The molecule has 1 aromatic rings. The van der Waals surface area contributed by atoms with Gasteiger partial charge in [0.1, 0.15) is 6.54 Å². The molecule has 1 aromatic heterocycles. The van der Waals surface area contributed by atoms with Gasteiger partial charge >= 0.3 is 5.97 Å². The largest absolute Gasteiger partial charge is 0.480 e. The minimum atomic E-state index is -0.843. The number of carboxylic acid groups (broad SMARTS) is 1. The summed E-state index contributed by atoms with van der Waals surface area (Å²) in [5, 5.41) is 8.63. The summed E-state index contributed by atoms with van der Waals surface area (Å²) >= 11 is 0. The minimum absolute atomic E-state index is 0.0125. The van der Waals surface area contributed by atoms with Gasteiger partial charge in [0.25, 0.3) is 0 Å². The lowest BCUT2D eigenvalue weighted by Crippen LogP contribution is -2.31. The number of imidazole rings is 1. The number of carbonyl (C=O) groups is 1. The first-order valence-corrected chi connectivity index (χ1v) is 4.09. The van der Waals surface area contributed by atoms with Crippen molar-refractivity contribution < 1.29 is 9.90 Å². The van der Waals surface area contributed by atoms with Crippen molar-refractivity contribution >= 4 is 11.9 Å². The molecule has 0 saturated carbocycles. The summed E-state index contributed by atoms with van der Waals surface area (Å²) in [6, 6.07) is 0. The third-order valence-electron chi connectivity index (χ3n) is 1.79. The molecule has 1 rings (SSSR count). The van der Waals surface area contributed by atoms with E-state index in [-0.39, 0.29) is 6.54 Å². The Hall–Kier alpha value is -1.52. The predicted molar refractivity (Wildman–Crippen MR) is 48.7 cm³/mol. The van der Waals surface area contributed by atoms with Crippen molar-refractivity contribution in [2.45, 2.75) is 6.92 Å². The Morgan fingerprint density at radius 3 is 2.85 bits per heavy atom. The fourth-order valence-corrected chi connectivity index (χ4v) is 1.15. The molecule has 1 N–H and O–H groups in total. The van der Waals surface area contributed by atoms with Gasteiger partial charge in [-0.3, -0.25) is 4.79 Å². The van der Waals surface area contributed by atoms with Crippen molar-refractivity contribution in [3.8, 4) is 0 Å². The van der Waals surface area contributed by atoms with Crippen LogP contribution in [0.3, 0.4) is 0 Å². The number of aliphatic carboxylic acids is 1. The number of aromatic nitrogens is 2. The summed E-state index contributed by atoms with van der Waals surface area (Å²) in [6.07, 6.45) is 3.44. The molecule has 0 aromatic carbocycles. The third-order valence-corrected chi connectivity index (χ3v) is 1.79. The zero-order valence-corrected chi connectivity index (χ0v) is 7.77. The number of hydrogen-bond donors (Lipinski definition) is 1. The summed E-state index contributed by atoms with van der Waals surface area (Å²) in [6.45, 7) is 2.52. The van der Waals surface area contributed by atoms with Crippen LogP contribution in [0.25, 0.3) is 0 Å². The number of carboxylic acids is 1. The maximum atomic E-state index is 10.5. The fourth-order valence-electron chi connectivity index (χ4n) is 1.15. The first-order chi connectivity index (χ1) is 6.15. The summed E-state index contributed by atoms with van der Waals surface area (Å²) in [7, 11) is 1.84. The Bertz CT molecular complexity index is 295. The first-order valence-electron chi connectivity index (χ1n) is 4.09. The topological polar surface area (TPSA) is 58.4 Å². The van der Waals surface area contributed by atoms with E-state index in [2.05, 4.69) is 4.98 Å². The molecule has 0 bridgehead atoms. The highest BCUT2D eigenvalue weighted by molar-refractivity contribution is 5.72. The molecule has 1 heterocycles. The van der Waals surface area contributed by atoms with E-state index in [9.17, 15) is 4.79 Å². The third kappa shape index (κ3) is 2.21. The van der Waals surface area contributed by atoms with Crippen LogP contribution in [0, 0.1) is 0 Å². The molecule has 5 nitrogen and oxygen atoms in total. The highest BCUT2D eigenvalue weighted by Crippen LogP contribution is 2.08. The SMILES string of the molecule is CCN(CC(=O)O)c1nccn1C. The van der Waals surface area contributed by atoms with Crippen LogP contribution < -0.4 is 4.90 Å². The van der Waals surface area contributed by atoms with Crippen LogP contribution in [0.4, 0.5) is 5.95 Å². The fraction of sp³-hybridized carbons (Fsp3) is 0.500. The number of aryl methyl sites for hydroxylation is 1. The van der Waals surface area contributed by atoms with Crippen molar-refractivity contribution in [2.75, 3.05) is 18.0 Å². The lowest BCUT2D eigenvalue weighted by molar-refractivity contribution is -0.135. The second kappa shape index (κ2) is 3.93. The van der Waals surface area contributed by atoms with Gasteiger partial charge < -0.3 is 14.6 Å². The van der Waals surface area contributed by atoms with Gasteiger partial charge in [-0.05, 0) is 6.92 Å². The highest BCUT2D eigenvalue weighted by Gasteiger charge is 2.11. The molecule has 72 valence electrons. The summed E-state index contributed by atoms with van der Waals surface area (Å²) in [5.41, 5.74) is 0. The maximum Gasteiger partial charge on any atom is 0.323 e. The van der Waals surface area contributed by atoms with Crippen LogP contribution in [0.1, 0.15) is 6.92 Å². The average Bonchev–Trinajstić information content (AvgIpc) is 2.47. The molecule has 0 fully saturated rings. The molecule has 0 saturated heterocycles. The molecule has 0 atom stereocenters. The molecular formula is C8H13N3O2. The van der Waals surface area contributed by atoms with Gasteiger partial charge in [0, 0.05) is 26.0 Å². The smallest absolute Gasteiger partial charge is 0.323 e. The quantitative estimate of drug-likeness (QED) is 0.730. The molecule has 0 aliphatic rings. The Morgan fingerprint density at radius 2 is 2.46 bits per heavy atom. The monoisotopic (exact) mass is 183 g/mol. The van der Waals surface area contributed by atoms with Gasteiger partial charge in [-0.25, -0.2) is 4.98 Å². The van der Waals surface area contributed by atoms with Gasteiger partial charge in [0.15, 0.2) is 0 Å². The molecule has 0 aliphatic heterocycles. The van der Waals surface area contributed by atoms with E-state index in [1.165, 1.54) is 0 Å². The molecule has 13 heavy (non-hydrogen) atoms. The highest BCUT2D eigenvalue weighted by atomic mass is 16.4. The summed E-state index contributed by atoms with van der Waals surface area (Å²) in [4.78, 5) is 16.3. The molecule has 0 amide bonds. The van der Waals surface area contributed by atoms with E-state index in [4.69, 9.17) is 5.11 Å². The average molecular weight is 183 g/mol. The van der Waals surface area contributed by atoms with E-state index in [0.717, 1.165) is 0 Å². The van der Waals surface area contributed by atoms with Gasteiger partial charge in [-0.1, -0.05) is 0 Å². The number of rotatable bonds is 4. The standard InChI is InChI=1S/C8H13N3O2/c1-3-11(6-7(12)13)8-9-4-5-10(8)2/h4-5H,3,6H2,1-2H3,(H,12,13). The molecule has 0 unspecified atom stereocenters. The molecule has 0 radical (unpaired) electrons. The van der Waals surface area contributed by atoms with E-state index in [1.54, 1.807) is 21.9 Å². The van der Waals surface area contributed by atoms with Crippen molar-refractivity contribution in [1.82, 2.24) is 9.55 Å². The van der Waals surface area contributed by atoms with E-state index < -0.39 is 5.97 Å². The Labute approximate surface area is 76.6 Å². The van der Waals surface area contributed by atoms with Crippen LogP contribution in [0.2, 0.25) is 0 Å². The zero-order valence-electron chi connectivity index (χ0n) is 7.77. The second-order valence-corrected chi connectivity index (χ2v) is 2.75. The van der Waals surface area contributed by atoms with Crippen LogP contribution in [-0.2, 0) is 11.8 Å². The van der Waals surface area contributed by atoms with Crippen molar-refractivity contribution in [3.63, 3.8) is 0 Å². The lowest BCUT2D eigenvalue weighted by atomic mass is 10.5. The normalized spacial score (nSPS) is 10.0. The Balaban J connectivity index is 2.78. The zero-order chi connectivity index (χ0) is 9.84.